The van der Waals surface area contributed by atoms with E-state index in [1.165, 1.54) is 13.2 Å². The summed E-state index contributed by atoms with van der Waals surface area (Å²) in [5.74, 6) is 0.470. The number of hydrogen-bond acceptors (Lipinski definition) is 5. The van der Waals surface area contributed by atoms with Gasteiger partial charge in [-0.3, -0.25) is 10.1 Å². The molecule has 0 saturated carbocycles. The van der Waals surface area contributed by atoms with Gasteiger partial charge in [0.25, 0.3) is 5.69 Å². The van der Waals surface area contributed by atoms with Crippen molar-refractivity contribution >= 4 is 11.4 Å². The normalized spacial score (nSPS) is 26.2. The quantitative estimate of drug-likeness (QED) is 0.669. The molecule has 1 fully saturated rings. The third-order valence-electron chi connectivity index (χ3n) is 3.71. The van der Waals surface area contributed by atoms with Gasteiger partial charge in [0.1, 0.15) is 11.4 Å². The van der Waals surface area contributed by atoms with Crippen molar-refractivity contribution < 1.29 is 14.4 Å². The molecule has 2 rings (SSSR count). The first kappa shape index (κ1) is 13.6. The fraction of sp³-hybridized carbons (Fsp3) is 0.538. The first-order chi connectivity index (χ1) is 8.96. The predicted molar refractivity (Wildman–Crippen MR) is 71.7 cm³/mol. The zero-order valence-electron chi connectivity index (χ0n) is 11.3. The Bertz CT molecular complexity index is 492. The van der Waals surface area contributed by atoms with Crippen LogP contribution in [0.3, 0.4) is 0 Å². The van der Waals surface area contributed by atoms with Gasteiger partial charge < -0.3 is 14.8 Å². The smallest absolute Gasteiger partial charge is 0.296 e. The molecule has 0 amide bonds. The summed E-state index contributed by atoms with van der Waals surface area (Å²) in [5, 5.41) is 14.4. The molecule has 6 heteroatoms. The third kappa shape index (κ3) is 2.63. The maximum Gasteiger partial charge on any atom is 0.296 e. The van der Waals surface area contributed by atoms with Crippen molar-refractivity contribution in [2.75, 3.05) is 19.0 Å². The number of methoxy groups -OCH3 is 1. The van der Waals surface area contributed by atoms with Gasteiger partial charge in [0, 0.05) is 6.61 Å². The number of nitro benzene ring substituents is 1. The van der Waals surface area contributed by atoms with Crippen LogP contribution < -0.4 is 10.1 Å². The molecule has 104 valence electrons. The molecule has 19 heavy (non-hydrogen) atoms. The van der Waals surface area contributed by atoms with Crippen molar-refractivity contribution in [3.63, 3.8) is 0 Å². The minimum atomic E-state index is -0.408. The number of hydrogen-bond donors (Lipinski definition) is 1. The molecule has 1 aliphatic rings. The summed E-state index contributed by atoms with van der Waals surface area (Å²) in [5.41, 5.74) is 0.213. The number of rotatable bonds is 4. The summed E-state index contributed by atoms with van der Waals surface area (Å²) in [6.07, 6.45) is 0.825. The van der Waals surface area contributed by atoms with Crippen molar-refractivity contribution in [3.8, 4) is 5.75 Å². The van der Waals surface area contributed by atoms with E-state index in [2.05, 4.69) is 5.32 Å². The molecule has 0 spiro atoms. The molecular formula is C13H18N2O4. The minimum absolute atomic E-state index is 0.00852. The fourth-order valence-electron chi connectivity index (χ4n) is 2.20. The van der Waals surface area contributed by atoms with E-state index in [4.69, 9.17) is 9.47 Å². The molecule has 2 unspecified atom stereocenters. The average molecular weight is 266 g/mol. The summed E-state index contributed by atoms with van der Waals surface area (Å²) in [6.45, 7) is 4.64. The lowest BCUT2D eigenvalue weighted by molar-refractivity contribution is -0.384. The summed E-state index contributed by atoms with van der Waals surface area (Å²) in [6, 6.07) is 4.80. The van der Waals surface area contributed by atoms with Crippen LogP contribution in [0.4, 0.5) is 11.4 Å². The third-order valence-corrected chi connectivity index (χ3v) is 3.71. The van der Waals surface area contributed by atoms with E-state index in [1.54, 1.807) is 12.1 Å². The van der Waals surface area contributed by atoms with E-state index in [1.807, 2.05) is 13.8 Å². The number of anilines is 1. The predicted octanol–water partition coefficient (Wildman–Crippen LogP) is 2.58. The van der Waals surface area contributed by atoms with E-state index in [9.17, 15) is 10.1 Å². The van der Waals surface area contributed by atoms with E-state index < -0.39 is 4.92 Å². The lowest BCUT2D eigenvalue weighted by Gasteiger charge is -2.29. The molecule has 1 N–H and O–H groups in total. The van der Waals surface area contributed by atoms with Crippen LogP contribution in [0, 0.1) is 10.1 Å². The molecule has 1 heterocycles. The Morgan fingerprint density at radius 1 is 1.58 bits per heavy atom. The molecule has 1 aromatic carbocycles. The van der Waals surface area contributed by atoms with Crippen LogP contribution in [-0.2, 0) is 4.74 Å². The molecule has 1 aliphatic heterocycles. The van der Waals surface area contributed by atoms with Crippen LogP contribution in [0.1, 0.15) is 20.3 Å². The van der Waals surface area contributed by atoms with Crippen molar-refractivity contribution in [1.29, 1.82) is 0 Å². The summed E-state index contributed by atoms with van der Waals surface area (Å²) >= 11 is 0. The van der Waals surface area contributed by atoms with Crippen LogP contribution in [0.15, 0.2) is 18.2 Å². The molecule has 0 bridgehead atoms. The SMILES string of the molecule is COc1ccc(NC2(C)CCOC2C)c([N+](=O)[O-])c1. The second kappa shape index (κ2) is 5.05. The average Bonchev–Trinajstić information content (AvgIpc) is 2.69. The largest absolute Gasteiger partial charge is 0.496 e. The zero-order chi connectivity index (χ0) is 14.0. The van der Waals surface area contributed by atoms with Crippen molar-refractivity contribution in [2.24, 2.45) is 0 Å². The van der Waals surface area contributed by atoms with Gasteiger partial charge in [-0.15, -0.1) is 0 Å². The standard InChI is InChI=1S/C13H18N2O4/c1-9-13(2,6-7-19-9)14-11-5-4-10(18-3)8-12(11)15(16)17/h4-5,8-9,14H,6-7H2,1-3H3. The first-order valence-corrected chi connectivity index (χ1v) is 6.18. The van der Waals surface area contributed by atoms with Gasteiger partial charge in [0.05, 0.1) is 29.7 Å². The van der Waals surface area contributed by atoms with Gasteiger partial charge in [0.15, 0.2) is 0 Å². The van der Waals surface area contributed by atoms with Crippen LogP contribution in [0.5, 0.6) is 5.75 Å². The van der Waals surface area contributed by atoms with Gasteiger partial charge >= 0.3 is 0 Å². The monoisotopic (exact) mass is 266 g/mol. The van der Waals surface area contributed by atoms with E-state index in [0.29, 0.717) is 18.0 Å². The van der Waals surface area contributed by atoms with Crippen molar-refractivity contribution in [2.45, 2.75) is 31.9 Å². The van der Waals surface area contributed by atoms with Crippen molar-refractivity contribution in [1.82, 2.24) is 0 Å². The van der Waals surface area contributed by atoms with E-state index in [0.717, 1.165) is 6.42 Å². The molecule has 0 radical (unpaired) electrons. The topological polar surface area (TPSA) is 73.6 Å². The highest BCUT2D eigenvalue weighted by Crippen LogP contribution is 2.35. The van der Waals surface area contributed by atoms with Crippen LogP contribution in [0.2, 0.25) is 0 Å². The summed E-state index contributed by atoms with van der Waals surface area (Å²) in [7, 11) is 1.49. The minimum Gasteiger partial charge on any atom is -0.496 e. The van der Waals surface area contributed by atoms with Gasteiger partial charge in [-0.25, -0.2) is 0 Å². The highest BCUT2D eigenvalue weighted by Gasteiger charge is 2.38. The van der Waals surface area contributed by atoms with Gasteiger partial charge in [0.2, 0.25) is 0 Å². The highest BCUT2D eigenvalue weighted by atomic mass is 16.6. The van der Waals surface area contributed by atoms with Crippen molar-refractivity contribution in [3.05, 3.63) is 28.3 Å². The lowest BCUT2D eigenvalue weighted by Crippen LogP contribution is -2.41. The maximum absolute atomic E-state index is 11.1. The molecule has 1 aromatic rings. The fourth-order valence-corrected chi connectivity index (χ4v) is 2.20. The number of ether oxygens (including phenoxy) is 2. The van der Waals surface area contributed by atoms with Gasteiger partial charge in [-0.1, -0.05) is 0 Å². The number of nitrogens with one attached hydrogen (secondary N) is 1. The molecule has 6 nitrogen and oxygen atoms in total. The summed E-state index contributed by atoms with van der Waals surface area (Å²) in [4.78, 5) is 10.7. The molecule has 0 aromatic heterocycles. The van der Waals surface area contributed by atoms with E-state index in [-0.39, 0.29) is 17.3 Å². The first-order valence-electron chi connectivity index (χ1n) is 6.18. The number of benzene rings is 1. The van der Waals surface area contributed by atoms with E-state index >= 15 is 0 Å². The summed E-state index contributed by atoms with van der Waals surface area (Å²) < 4.78 is 10.5. The molecular weight excluding hydrogens is 248 g/mol. The van der Waals surface area contributed by atoms with Gasteiger partial charge in [-0.05, 0) is 32.4 Å². The Hall–Kier alpha value is -1.82. The lowest BCUT2D eigenvalue weighted by atomic mass is 9.94. The maximum atomic E-state index is 11.1. The molecule has 2 atom stereocenters. The zero-order valence-corrected chi connectivity index (χ0v) is 11.3. The van der Waals surface area contributed by atoms with Crippen LogP contribution in [0.25, 0.3) is 0 Å². The molecule has 0 aliphatic carbocycles. The highest BCUT2D eigenvalue weighted by molar-refractivity contribution is 5.65. The Morgan fingerprint density at radius 2 is 2.32 bits per heavy atom. The second-order valence-electron chi connectivity index (χ2n) is 4.95. The Morgan fingerprint density at radius 3 is 2.84 bits per heavy atom. The van der Waals surface area contributed by atoms with Crippen LogP contribution in [-0.4, -0.2) is 30.3 Å². The van der Waals surface area contributed by atoms with Gasteiger partial charge in [-0.2, -0.15) is 0 Å². The number of nitrogens with zero attached hydrogens (tertiary/aromatic N) is 1. The second-order valence-corrected chi connectivity index (χ2v) is 4.95. The Kier molecular flexibility index (Phi) is 3.61. The molecule has 1 saturated heterocycles. The Labute approximate surface area is 111 Å². The Balaban J connectivity index is 2.32. The number of nitro groups is 1. The van der Waals surface area contributed by atoms with Crippen LogP contribution >= 0.6 is 0 Å².